The molecule has 1 heterocycles. The lowest BCUT2D eigenvalue weighted by atomic mass is 10.1. The van der Waals surface area contributed by atoms with E-state index >= 15 is 0 Å². The number of hydrogen-bond acceptors (Lipinski definition) is 5. The van der Waals surface area contributed by atoms with Crippen LogP contribution in [0.4, 0.5) is 5.82 Å². The molecule has 0 aliphatic carbocycles. The fourth-order valence-corrected chi connectivity index (χ4v) is 1.81. The highest BCUT2D eigenvalue weighted by Gasteiger charge is 2.11. The summed E-state index contributed by atoms with van der Waals surface area (Å²) in [6.07, 6.45) is 0. The molecule has 2 N–H and O–H groups in total. The molecule has 6 nitrogen and oxygen atoms in total. The van der Waals surface area contributed by atoms with Gasteiger partial charge in [0.15, 0.2) is 0 Å². The lowest BCUT2D eigenvalue weighted by Crippen LogP contribution is -2.16. The minimum atomic E-state index is -0.362. The van der Waals surface area contributed by atoms with Gasteiger partial charge in [-0.05, 0) is 19.1 Å². The average molecular weight is 275 g/mol. The molecule has 0 spiro atoms. The standard InChI is InChI=1S/C14H17N3O3/c1-3-20-14(18)9-17-13(15)8-12(16-17)10-5-4-6-11(7-10)19-2/h4-8H,3,9,15H2,1-2H3. The third kappa shape index (κ3) is 3.09. The summed E-state index contributed by atoms with van der Waals surface area (Å²) < 4.78 is 11.5. The average Bonchev–Trinajstić information content (AvgIpc) is 2.80. The van der Waals surface area contributed by atoms with Crippen molar-refractivity contribution in [1.29, 1.82) is 0 Å². The van der Waals surface area contributed by atoms with Crippen molar-refractivity contribution in [3.8, 4) is 17.0 Å². The number of anilines is 1. The summed E-state index contributed by atoms with van der Waals surface area (Å²) in [5.74, 6) is 0.788. The fourth-order valence-electron chi connectivity index (χ4n) is 1.81. The zero-order valence-electron chi connectivity index (χ0n) is 11.5. The number of nitrogen functional groups attached to an aromatic ring is 1. The quantitative estimate of drug-likeness (QED) is 0.840. The van der Waals surface area contributed by atoms with Gasteiger partial charge in [-0.2, -0.15) is 5.10 Å². The van der Waals surface area contributed by atoms with Gasteiger partial charge in [0, 0.05) is 11.6 Å². The van der Waals surface area contributed by atoms with Gasteiger partial charge in [0.1, 0.15) is 18.1 Å². The first-order valence-corrected chi connectivity index (χ1v) is 6.27. The van der Waals surface area contributed by atoms with Crippen LogP contribution in [0.15, 0.2) is 30.3 Å². The van der Waals surface area contributed by atoms with E-state index in [0.717, 1.165) is 11.3 Å². The molecule has 2 rings (SSSR count). The van der Waals surface area contributed by atoms with Crippen LogP contribution in [-0.2, 0) is 16.1 Å². The topological polar surface area (TPSA) is 79.4 Å². The van der Waals surface area contributed by atoms with Crippen LogP contribution in [-0.4, -0.2) is 29.5 Å². The molecule has 0 saturated carbocycles. The van der Waals surface area contributed by atoms with E-state index in [9.17, 15) is 4.79 Å². The summed E-state index contributed by atoms with van der Waals surface area (Å²) >= 11 is 0. The van der Waals surface area contributed by atoms with Gasteiger partial charge in [-0.1, -0.05) is 12.1 Å². The van der Waals surface area contributed by atoms with E-state index in [2.05, 4.69) is 5.10 Å². The number of rotatable bonds is 5. The number of benzene rings is 1. The Labute approximate surface area is 117 Å². The molecule has 0 fully saturated rings. The predicted molar refractivity (Wildman–Crippen MR) is 75.3 cm³/mol. The molecule has 2 aromatic rings. The van der Waals surface area contributed by atoms with Gasteiger partial charge in [0.25, 0.3) is 0 Å². The van der Waals surface area contributed by atoms with Crippen LogP contribution in [0.2, 0.25) is 0 Å². The number of aromatic nitrogens is 2. The maximum Gasteiger partial charge on any atom is 0.327 e. The number of ether oxygens (including phenoxy) is 2. The summed E-state index contributed by atoms with van der Waals surface area (Å²) in [5.41, 5.74) is 7.41. The van der Waals surface area contributed by atoms with Gasteiger partial charge in [-0.25, -0.2) is 4.68 Å². The second kappa shape index (κ2) is 6.10. The monoisotopic (exact) mass is 275 g/mol. The third-order valence-corrected chi connectivity index (χ3v) is 2.76. The van der Waals surface area contributed by atoms with Crippen molar-refractivity contribution in [3.63, 3.8) is 0 Å². The Morgan fingerprint density at radius 2 is 2.20 bits per heavy atom. The molecule has 0 radical (unpaired) electrons. The predicted octanol–water partition coefficient (Wildman–Crippen LogP) is 1.70. The highest BCUT2D eigenvalue weighted by molar-refractivity contribution is 5.70. The molecule has 0 unspecified atom stereocenters. The summed E-state index contributed by atoms with van der Waals surface area (Å²) in [7, 11) is 1.60. The van der Waals surface area contributed by atoms with Gasteiger partial charge in [0.2, 0.25) is 0 Å². The van der Waals surface area contributed by atoms with Gasteiger partial charge >= 0.3 is 5.97 Å². The number of hydrogen-bond donors (Lipinski definition) is 1. The Hall–Kier alpha value is -2.50. The van der Waals surface area contributed by atoms with Crippen molar-refractivity contribution >= 4 is 11.8 Å². The molecular formula is C14H17N3O3. The smallest absolute Gasteiger partial charge is 0.327 e. The Kier molecular flexibility index (Phi) is 4.24. The molecule has 1 aromatic carbocycles. The first-order valence-electron chi connectivity index (χ1n) is 6.27. The Balaban J connectivity index is 2.23. The van der Waals surface area contributed by atoms with Gasteiger partial charge in [-0.3, -0.25) is 4.79 Å². The highest BCUT2D eigenvalue weighted by Crippen LogP contribution is 2.24. The molecule has 0 amide bonds. The van der Waals surface area contributed by atoms with Crippen molar-refractivity contribution in [2.24, 2.45) is 0 Å². The van der Waals surface area contributed by atoms with Crippen molar-refractivity contribution in [1.82, 2.24) is 9.78 Å². The minimum absolute atomic E-state index is 0.00361. The molecule has 6 heteroatoms. The lowest BCUT2D eigenvalue weighted by Gasteiger charge is -2.03. The van der Waals surface area contributed by atoms with E-state index in [1.165, 1.54) is 4.68 Å². The second-order valence-corrected chi connectivity index (χ2v) is 4.15. The number of methoxy groups -OCH3 is 1. The first kappa shape index (κ1) is 13.9. The first-order chi connectivity index (χ1) is 9.63. The summed E-state index contributed by atoms with van der Waals surface area (Å²) in [4.78, 5) is 11.5. The Morgan fingerprint density at radius 1 is 1.40 bits per heavy atom. The largest absolute Gasteiger partial charge is 0.497 e. The van der Waals surface area contributed by atoms with Crippen LogP contribution in [0.5, 0.6) is 5.75 Å². The number of esters is 1. The van der Waals surface area contributed by atoms with Crippen LogP contribution < -0.4 is 10.5 Å². The Bertz CT molecular complexity index is 607. The fraction of sp³-hybridized carbons (Fsp3) is 0.286. The molecule has 1 aromatic heterocycles. The molecular weight excluding hydrogens is 258 g/mol. The molecule has 0 aliphatic heterocycles. The third-order valence-electron chi connectivity index (χ3n) is 2.76. The molecule has 0 bridgehead atoms. The Morgan fingerprint density at radius 3 is 2.90 bits per heavy atom. The van der Waals surface area contributed by atoms with E-state index in [4.69, 9.17) is 15.2 Å². The maximum absolute atomic E-state index is 11.5. The zero-order chi connectivity index (χ0) is 14.5. The summed E-state index contributed by atoms with van der Waals surface area (Å²) in [6, 6.07) is 9.20. The van der Waals surface area contributed by atoms with Crippen LogP contribution in [0, 0.1) is 0 Å². The lowest BCUT2D eigenvalue weighted by molar-refractivity contribution is -0.143. The summed E-state index contributed by atoms with van der Waals surface area (Å²) in [6.45, 7) is 2.10. The van der Waals surface area contributed by atoms with Crippen LogP contribution in [0.25, 0.3) is 11.3 Å². The molecule has 106 valence electrons. The van der Waals surface area contributed by atoms with Crippen molar-refractivity contribution in [2.75, 3.05) is 19.5 Å². The van der Waals surface area contributed by atoms with Crippen LogP contribution in [0.1, 0.15) is 6.92 Å². The maximum atomic E-state index is 11.5. The van der Waals surface area contributed by atoms with E-state index < -0.39 is 0 Å². The van der Waals surface area contributed by atoms with Crippen molar-refractivity contribution < 1.29 is 14.3 Å². The highest BCUT2D eigenvalue weighted by atomic mass is 16.5. The normalized spacial score (nSPS) is 10.3. The molecule has 0 atom stereocenters. The summed E-state index contributed by atoms with van der Waals surface area (Å²) in [5, 5.41) is 4.31. The van der Waals surface area contributed by atoms with Gasteiger partial charge in [-0.15, -0.1) is 0 Å². The number of nitrogens with two attached hydrogens (primary N) is 1. The van der Waals surface area contributed by atoms with E-state index in [1.54, 1.807) is 20.1 Å². The number of carbonyl (C=O) groups excluding carboxylic acids is 1. The molecule has 0 saturated heterocycles. The van der Waals surface area contributed by atoms with E-state index in [0.29, 0.717) is 18.1 Å². The van der Waals surface area contributed by atoms with Crippen molar-refractivity contribution in [2.45, 2.75) is 13.5 Å². The van der Waals surface area contributed by atoms with Crippen molar-refractivity contribution in [3.05, 3.63) is 30.3 Å². The van der Waals surface area contributed by atoms with E-state index in [1.807, 2.05) is 24.3 Å². The van der Waals surface area contributed by atoms with Crippen LogP contribution in [0.3, 0.4) is 0 Å². The minimum Gasteiger partial charge on any atom is -0.497 e. The second-order valence-electron chi connectivity index (χ2n) is 4.15. The van der Waals surface area contributed by atoms with Gasteiger partial charge < -0.3 is 15.2 Å². The SMILES string of the molecule is CCOC(=O)Cn1nc(-c2cccc(OC)c2)cc1N. The van der Waals surface area contributed by atoms with Gasteiger partial charge in [0.05, 0.1) is 19.4 Å². The number of carbonyl (C=O) groups is 1. The zero-order valence-corrected chi connectivity index (χ0v) is 11.5. The van der Waals surface area contributed by atoms with E-state index in [-0.39, 0.29) is 12.5 Å². The number of nitrogens with zero attached hydrogens (tertiary/aromatic N) is 2. The molecule has 0 aliphatic rings. The van der Waals surface area contributed by atoms with Crippen LogP contribution >= 0.6 is 0 Å². The molecule has 20 heavy (non-hydrogen) atoms.